The molecule has 0 aromatic heterocycles. The van der Waals surface area contributed by atoms with Crippen LogP contribution in [-0.4, -0.2) is 50.1 Å². The van der Waals surface area contributed by atoms with Crippen LogP contribution in [0.3, 0.4) is 0 Å². The number of amides is 1. The molecular formula is C17H23NO5S. The summed E-state index contributed by atoms with van der Waals surface area (Å²) in [4.78, 5) is 25.8. The molecule has 0 radical (unpaired) electrons. The number of sulfone groups is 1. The molecule has 0 spiro atoms. The van der Waals surface area contributed by atoms with E-state index in [0.717, 1.165) is 18.4 Å². The SMILES string of the molecule is Cc1ccc(S(=O)(=O)CCC(=O)OC(C)C(=O)N2CCCC2)cc1. The van der Waals surface area contributed by atoms with Gasteiger partial charge in [0.15, 0.2) is 15.9 Å². The van der Waals surface area contributed by atoms with E-state index >= 15 is 0 Å². The van der Waals surface area contributed by atoms with Gasteiger partial charge in [0.2, 0.25) is 0 Å². The number of ether oxygens (including phenoxy) is 1. The summed E-state index contributed by atoms with van der Waals surface area (Å²) in [6, 6.07) is 6.47. The van der Waals surface area contributed by atoms with Crippen LogP contribution in [0, 0.1) is 6.92 Å². The van der Waals surface area contributed by atoms with Crippen molar-refractivity contribution < 1.29 is 22.7 Å². The summed E-state index contributed by atoms with van der Waals surface area (Å²) in [5.41, 5.74) is 0.961. The molecule has 1 aliphatic heterocycles. The fourth-order valence-electron chi connectivity index (χ4n) is 2.58. The van der Waals surface area contributed by atoms with Crippen molar-refractivity contribution in [3.05, 3.63) is 29.8 Å². The zero-order valence-electron chi connectivity index (χ0n) is 14.0. The number of aryl methyl sites for hydroxylation is 1. The predicted molar refractivity (Wildman–Crippen MR) is 89.2 cm³/mol. The predicted octanol–water partition coefficient (Wildman–Crippen LogP) is 1.71. The maximum Gasteiger partial charge on any atom is 0.307 e. The minimum Gasteiger partial charge on any atom is -0.453 e. The number of hydrogen-bond donors (Lipinski definition) is 0. The van der Waals surface area contributed by atoms with Crippen LogP contribution in [0.4, 0.5) is 0 Å². The van der Waals surface area contributed by atoms with E-state index in [-0.39, 0.29) is 23.0 Å². The Labute approximate surface area is 142 Å². The highest BCUT2D eigenvalue weighted by molar-refractivity contribution is 7.91. The standard InChI is InChI=1S/C17H23NO5S/c1-13-5-7-15(8-6-13)24(21,22)12-9-16(19)23-14(2)17(20)18-10-3-4-11-18/h5-8,14H,3-4,9-12H2,1-2H3. The highest BCUT2D eigenvalue weighted by Crippen LogP contribution is 2.14. The molecule has 1 amide bonds. The maximum absolute atomic E-state index is 12.2. The molecule has 24 heavy (non-hydrogen) atoms. The molecule has 6 nitrogen and oxygen atoms in total. The molecule has 1 aromatic carbocycles. The molecule has 1 heterocycles. The Hall–Kier alpha value is -1.89. The van der Waals surface area contributed by atoms with Crippen LogP contribution in [0.25, 0.3) is 0 Å². The lowest BCUT2D eigenvalue weighted by Gasteiger charge is -2.20. The monoisotopic (exact) mass is 353 g/mol. The van der Waals surface area contributed by atoms with Crippen LogP contribution < -0.4 is 0 Å². The first-order chi connectivity index (χ1) is 11.3. The van der Waals surface area contributed by atoms with Crippen LogP contribution in [0.1, 0.15) is 31.7 Å². The Morgan fingerprint density at radius 3 is 2.33 bits per heavy atom. The molecule has 0 N–H and O–H groups in total. The van der Waals surface area contributed by atoms with Crippen LogP contribution in [0.2, 0.25) is 0 Å². The smallest absolute Gasteiger partial charge is 0.307 e. The van der Waals surface area contributed by atoms with Gasteiger partial charge in [-0.25, -0.2) is 8.42 Å². The van der Waals surface area contributed by atoms with Gasteiger partial charge in [-0.15, -0.1) is 0 Å². The van der Waals surface area contributed by atoms with Gasteiger partial charge < -0.3 is 9.64 Å². The van der Waals surface area contributed by atoms with Crippen molar-refractivity contribution in [3.8, 4) is 0 Å². The van der Waals surface area contributed by atoms with Gasteiger partial charge in [-0.1, -0.05) is 17.7 Å². The van der Waals surface area contributed by atoms with Gasteiger partial charge in [0.25, 0.3) is 5.91 Å². The number of rotatable bonds is 6. The van der Waals surface area contributed by atoms with Gasteiger partial charge in [0.1, 0.15) is 0 Å². The second kappa shape index (κ2) is 7.79. The first-order valence-electron chi connectivity index (χ1n) is 8.07. The van der Waals surface area contributed by atoms with E-state index in [9.17, 15) is 18.0 Å². The van der Waals surface area contributed by atoms with E-state index in [2.05, 4.69) is 0 Å². The highest BCUT2D eigenvalue weighted by Gasteiger charge is 2.26. The van der Waals surface area contributed by atoms with Crippen molar-refractivity contribution in [2.75, 3.05) is 18.8 Å². The molecule has 1 atom stereocenters. The van der Waals surface area contributed by atoms with E-state index in [1.165, 1.54) is 19.1 Å². The third kappa shape index (κ3) is 4.80. The van der Waals surface area contributed by atoms with Crippen LogP contribution in [0.5, 0.6) is 0 Å². The normalized spacial score (nSPS) is 16.0. The van der Waals surface area contributed by atoms with Crippen LogP contribution in [0.15, 0.2) is 29.2 Å². The number of carbonyl (C=O) groups is 2. The number of esters is 1. The van der Waals surface area contributed by atoms with Gasteiger partial charge in [-0.05, 0) is 38.8 Å². The Kier molecular flexibility index (Phi) is 5.99. The molecule has 132 valence electrons. The summed E-state index contributed by atoms with van der Waals surface area (Å²) in [5.74, 6) is -1.23. The highest BCUT2D eigenvalue weighted by atomic mass is 32.2. The number of hydrogen-bond acceptors (Lipinski definition) is 5. The molecule has 7 heteroatoms. The summed E-state index contributed by atoms with van der Waals surface area (Å²) in [6.45, 7) is 4.75. The molecule has 2 rings (SSSR count). The average molecular weight is 353 g/mol. The van der Waals surface area contributed by atoms with Gasteiger partial charge in [0, 0.05) is 13.1 Å². The molecule has 0 saturated carbocycles. The lowest BCUT2D eigenvalue weighted by atomic mass is 10.2. The van der Waals surface area contributed by atoms with Crippen molar-refractivity contribution in [2.45, 2.75) is 44.1 Å². The molecule has 0 aliphatic carbocycles. The molecule has 1 aliphatic rings. The summed E-state index contributed by atoms with van der Waals surface area (Å²) in [7, 11) is -3.54. The third-order valence-corrected chi connectivity index (χ3v) is 5.76. The summed E-state index contributed by atoms with van der Waals surface area (Å²) >= 11 is 0. The van der Waals surface area contributed by atoms with Crippen molar-refractivity contribution in [3.63, 3.8) is 0 Å². The lowest BCUT2D eigenvalue weighted by molar-refractivity contribution is -0.158. The van der Waals surface area contributed by atoms with E-state index in [1.807, 2.05) is 6.92 Å². The van der Waals surface area contributed by atoms with Crippen LogP contribution >= 0.6 is 0 Å². The summed E-state index contributed by atoms with van der Waals surface area (Å²) in [5, 5.41) is 0. The third-order valence-electron chi connectivity index (χ3n) is 4.03. The van der Waals surface area contributed by atoms with Crippen LogP contribution in [-0.2, 0) is 24.2 Å². The minimum atomic E-state index is -3.54. The molecule has 0 bridgehead atoms. The quantitative estimate of drug-likeness (QED) is 0.727. The van der Waals surface area contributed by atoms with Crippen molar-refractivity contribution >= 4 is 21.7 Å². The Morgan fingerprint density at radius 2 is 1.75 bits per heavy atom. The summed E-state index contributed by atoms with van der Waals surface area (Å²) in [6.07, 6.45) is 0.772. The molecule has 1 aromatic rings. The van der Waals surface area contributed by atoms with Crippen molar-refractivity contribution in [2.24, 2.45) is 0 Å². The Morgan fingerprint density at radius 1 is 1.17 bits per heavy atom. The second-order valence-corrected chi connectivity index (χ2v) is 8.16. The van der Waals surface area contributed by atoms with Gasteiger partial charge in [-0.3, -0.25) is 9.59 Å². The molecule has 1 fully saturated rings. The number of nitrogens with zero attached hydrogens (tertiary/aromatic N) is 1. The first-order valence-corrected chi connectivity index (χ1v) is 9.72. The largest absolute Gasteiger partial charge is 0.453 e. The van der Waals surface area contributed by atoms with E-state index in [1.54, 1.807) is 17.0 Å². The van der Waals surface area contributed by atoms with Crippen molar-refractivity contribution in [1.29, 1.82) is 0 Å². The number of benzene rings is 1. The van der Waals surface area contributed by atoms with Gasteiger partial charge in [-0.2, -0.15) is 0 Å². The van der Waals surface area contributed by atoms with E-state index < -0.39 is 21.9 Å². The first kappa shape index (κ1) is 18.4. The zero-order chi connectivity index (χ0) is 17.7. The fourth-order valence-corrected chi connectivity index (χ4v) is 3.80. The van der Waals surface area contributed by atoms with Gasteiger partial charge >= 0.3 is 5.97 Å². The Bertz CT molecular complexity index is 690. The molecule has 1 saturated heterocycles. The van der Waals surface area contributed by atoms with E-state index in [0.29, 0.717) is 13.1 Å². The Balaban J connectivity index is 1.85. The lowest BCUT2D eigenvalue weighted by Crippen LogP contribution is -2.38. The number of carbonyl (C=O) groups excluding carboxylic acids is 2. The van der Waals surface area contributed by atoms with Gasteiger partial charge in [0.05, 0.1) is 17.1 Å². The second-order valence-electron chi connectivity index (χ2n) is 6.05. The molecule has 1 unspecified atom stereocenters. The fraction of sp³-hybridized carbons (Fsp3) is 0.529. The minimum absolute atomic E-state index is 0.182. The average Bonchev–Trinajstić information content (AvgIpc) is 3.07. The summed E-state index contributed by atoms with van der Waals surface area (Å²) < 4.78 is 29.5. The van der Waals surface area contributed by atoms with Crippen molar-refractivity contribution in [1.82, 2.24) is 4.90 Å². The topological polar surface area (TPSA) is 80.7 Å². The molecular weight excluding hydrogens is 330 g/mol. The zero-order valence-corrected chi connectivity index (χ0v) is 14.8. The number of likely N-dealkylation sites (tertiary alicyclic amines) is 1. The van der Waals surface area contributed by atoms with E-state index in [4.69, 9.17) is 4.74 Å². The maximum atomic E-state index is 12.2.